The molecule has 1 heterocycles. The number of amides is 1. The van der Waals surface area contributed by atoms with Crippen LogP contribution in [0.2, 0.25) is 0 Å². The van der Waals surface area contributed by atoms with Gasteiger partial charge in [-0.15, -0.1) is 0 Å². The summed E-state index contributed by atoms with van der Waals surface area (Å²) in [6.07, 6.45) is 10.4. The zero-order valence-corrected chi connectivity index (χ0v) is 15.2. The van der Waals surface area contributed by atoms with Gasteiger partial charge in [0.25, 0.3) is 0 Å². The fourth-order valence-corrected chi connectivity index (χ4v) is 3.85. The largest absolute Gasteiger partial charge is 0.375 e. The van der Waals surface area contributed by atoms with Gasteiger partial charge in [0.15, 0.2) is 0 Å². The third-order valence-electron chi connectivity index (χ3n) is 5.35. The Labute approximate surface area is 150 Å². The van der Waals surface area contributed by atoms with Gasteiger partial charge < -0.3 is 14.8 Å². The summed E-state index contributed by atoms with van der Waals surface area (Å²) in [7, 11) is 2.10. The third-order valence-corrected chi connectivity index (χ3v) is 5.35. The van der Waals surface area contributed by atoms with Crippen LogP contribution < -0.4 is 10.2 Å². The molecular formula is C21H29N3O. The van der Waals surface area contributed by atoms with Crippen LogP contribution in [0.25, 0.3) is 0 Å². The van der Waals surface area contributed by atoms with Crippen molar-refractivity contribution in [1.82, 2.24) is 9.88 Å². The summed E-state index contributed by atoms with van der Waals surface area (Å²) in [5.41, 5.74) is 0.831. The van der Waals surface area contributed by atoms with Crippen LogP contribution in [-0.2, 0) is 10.3 Å². The zero-order chi connectivity index (χ0) is 17.5. The first-order chi connectivity index (χ1) is 12.2. The smallest absolute Gasteiger partial charge is 0.246 e. The number of para-hydroxylation sites is 1. The fourth-order valence-electron chi connectivity index (χ4n) is 3.85. The highest BCUT2D eigenvalue weighted by molar-refractivity contribution is 5.84. The topological polar surface area (TPSA) is 37.3 Å². The van der Waals surface area contributed by atoms with Crippen molar-refractivity contribution < 1.29 is 4.79 Å². The second kappa shape index (κ2) is 8.24. The molecule has 25 heavy (non-hydrogen) atoms. The summed E-state index contributed by atoms with van der Waals surface area (Å²) < 4.78 is 2.12. The second-order valence-corrected chi connectivity index (χ2v) is 7.05. The van der Waals surface area contributed by atoms with E-state index in [2.05, 4.69) is 46.1 Å². The molecule has 0 saturated heterocycles. The van der Waals surface area contributed by atoms with Gasteiger partial charge >= 0.3 is 0 Å². The van der Waals surface area contributed by atoms with Crippen molar-refractivity contribution in [2.75, 3.05) is 25.0 Å². The maximum Gasteiger partial charge on any atom is 0.246 e. The van der Waals surface area contributed by atoms with Crippen molar-refractivity contribution in [2.24, 2.45) is 0 Å². The van der Waals surface area contributed by atoms with Crippen LogP contribution in [0, 0.1) is 0 Å². The number of nitrogens with one attached hydrogen (secondary N) is 1. The summed E-state index contributed by atoms with van der Waals surface area (Å²) in [4.78, 5) is 15.2. The van der Waals surface area contributed by atoms with Crippen molar-refractivity contribution in [3.63, 3.8) is 0 Å². The minimum atomic E-state index is -0.382. The maximum absolute atomic E-state index is 13.0. The van der Waals surface area contributed by atoms with Crippen LogP contribution in [0.4, 0.5) is 5.69 Å². The Balaban J connectivity index is 1.52. The Morgan fingerprint density at radius 2 is 1.76 bits per heavy atom. The standard InChI is InChI=1S/C21H29N3O/c1-23(19-11-4-2-5-12-19)16-10-15-22-20(25)21(13-6-3-7-14-21)24-17-8-9-18-24/h2,4-5,8-9,11-12,17-18H,3,6-7,10,13-16H2,1H3,(H,22,25). The van der Waals surface area contributed by atoms with Gasteiger partial charge in [0.1, 0.15) is 5.54 Å². The first-order valence-electron chi connectivity index (χ1n) is 9.40. The predicted molar refractivity (Wildman–Crippen MR) is 103 cm³/mol. The second-order valence-electron chi connectivity index (χ2n) is 7.05. The fraction of sp³-hybridized carbons (Fsp3) is 0.476. The van der Waals surface area contributed by atoms with Crippen molar-refractivity contribution >= 4 is 11.6 Å². The molecule has 1 aliphatic carbocycles. The minimum Gasteiger partial charge on any atom is -0.375 e. The molecule has 0 radical (unpaired) electrons. The van der Waals surface area contributed by atoms with Crippen molar-refractivity contribution in [1.29, 1.82) is 0 Å². The lowest BCUT2D eigenvalue weighted by Gasteiger charge is -2.37. The molecule has 1 amide bonds. The minimum absolute atomic E-state index is 0.186. The van der Waals surface area contributed by atoms with Crippen LogP contribution in [0.3, 0.4) is 0 Å². The van der Waals surface area contributed by atoms with Gasteiger partial charge in [-0.3, -0.25) is 4.79 Å². The molecular weight excluding hydrogens is 310 g/mol. The lowest BCUT2D eigenvalue weighted by atomic mass is 9.80. The average Bonchev–Trinajstić information content (AvgIpc) is 3.21. The Hall–Kier alpha value is -2.23. The molecule has 4 nitrogen and oxygen atoms in total. The van der Waals surface area contributed by atoms with E-state index >= 15 is 0 Å². The predicted octanol–water partition coefficient (Wildman–Crippen LogP) is 3.79. The zero-order valence-electron chi connectivity index (χ0n) is 15.2. The molecule has 134 valence electrons. The monoisotopic (exact) mass is 339 g/mol. The van der Waals surface area contributed by atoms with E-state index < -0.39 is 0 Å². The Morgan fingerprint density at radius 1 is 1.08 bits per heavy atom. The molecule has 1 fully saturated rings. The molecule has 1 saturated carbocycles. The summed E-state index contributed by atoms with van der Waals surface area (Å²) in [6.45, 7) is 1.65. The lowest BCUT2D eigenvalue weighted by Crippen LogP contribution is -2.50. The first kappa shape index (κ1) is 17.6. The number of benzene rings is 1. The molecule has 4 heteroatoms. The van der Waals surface area contributed by atoms with E-state index in [1.165, 1.54) is 12.1 Å². The summed E-state index contributed by atoms with van der Waals surface area (Å²) >= 11 is 0. The number of nitrogens with zero attached hydrogens (tertiary/aromatic N) is 2. The van der Waals surface area contributed by atoms with Gasteiger partial charge in [0.05, 0.1) is 0 Å². The highest BCUT2D eigenvalue weighted by Gasteiger charge is 2.40. The maximum atomic E-state index is 13.0. The third kappa shape index (κ3) is 4.06. The number of hydrogen-bond donors (Lipinski definition) is 1. The SMILES string of the molecule is CN(CCCNC(=O)C1(n2cccc2)CCCCC1)c1ccccc1. The van der Waals surface area contributed by atoms with E-state index in [0.717, 1.165) is 45.2 Å². The first-order valence-corrected chi connectivity index (χ1v) is 9.40. The van der Waals surface area contributed by atoms with Gasteiger partial charge in [-0.05, 0) is 43.5 Å². The van der Waals surface area contributed by atoms with E-state index in [1.54, 1.807) is 0 Å². The van der Waals surface area contributed by atoms with Crippen LogP contribution in [-0.4, -0.2) is 30.6 Å². The molecule has 1 aromatic heterocycles. The number of rotatable bonds is 7. The van der Waals surface area contributed by atoms with E-state index in [-0.39, 0.29) is 11.4 Å². The normalized spacial score (nSPS) is 16.4. The Kier molecular flexibility index (Phi) is 5.79. The van der Waals surface area contributed by atoms with Gasteiger partial charge in [-0.25, -0.2) is 0 Å². The van der Waals surface area contributed by atoms with Gasteiger partial charge in [0, 0.05) is 38.2 Å². The molecule has 0 spiro atoms. The van der Waals surface area contributed by atoms with E-state index in [1.807, 2.05) is 30.6 Å². The molecule has 2 aromatic rings. The lowest BCUT2D eigenvalue weighted by molar-refractivity contribution is -0.131. The molecule has 0 unspecified atom stereocenters. The van der Waals surface area contributed by atoms with E-state index in [4.69, 9.17) is 0 Å². The molecule has 0 bridgehead atoms. The molecule has 1 aliphatic rings. The van der Waals surface area contributed by atoms with Crippen molar-refractivity contribution in [3.05, 3.63) is 54.9 Å². The molecule has 0 aliphatic heterocycles. The van der Waals surface area contributed by atoms with Gasteiger partial charge in [-0.1, -0.05) is 37.5 Å². The molecule has 1 N–H and O–H groups in total. The average molecular weight is 339 g/mol. The highest BCUT2D eigenvalue weighted by atomic mass is 16.2. The quantitative estimate of drug-likeness (QED) is 0.779. The number of anilines is 1. The van der Waals surface area contributed by atoms with Crippen molar-refractivity contribution in [3.8, 4) is 0 Å². The van der Waals surface area contributed by atoms with Crippen LogP contribution >= 0.6 is 0 Å². The highest BCUT2D eigenvalue weighted by Crippen LogP contribution is 2.35. The summed E-state index contributed by atoms with van der Waals surface area (Å²) in [5, 5.41) is 3.20. The molecule has 3 rings (SSSR count). The van der Waals surface area contributed by atoms with Crippen LogP contribution in [0.1, 0.15) is 38.5 Å². The number of carbonyl (C=O) groups is 1. The summed E-state index contributed by atoms with van der Waals surface area (Å²) in [5.74, 6) is 0.186. The van der Waals surface area contributed by atoms with Gasteiger partial charge in [-0.2, -0.15) is 0 Å². The Bertz CT molecular complexity index is 645. The van der Waals surface area contributed by atoms with Crippen LogP contribution in [0.15, 0.2) is 54.9 Å². The van der Waals surface area contributed by atoms with Gasteiger partial charge in [0.2, 0.25) is 5.91 Å². The van der Waals surface area contributed by atoms with E-state index in [0.29, 0.717) is 0 Å². The van der Waals surface area contributed by atoms with E-state index in [9.17, 15) is 4.79 Å². The summed E-state index contributed by atoms with van der Waals surface area (Å²) in [6, 6.07) is 14.4. The number of carbonyl (C=O) groups excluding carboxylic acids is 1. The number of hydrogen-bond acceptors (Lipinski definition) is 2. The number of aromatic nitrogens is 1. The molecule has 0 atom stereocenters. The Morgan fingerprint density at radius 3 is 2.44 bits per heavy atom. The van der Waals surface area contributed by atoms with Crippen LogP contribution in [0.5, 0.6) is 0 Å². The van der Waals surface area contributed by atoms with Crippen molar-refractivity contribution in [2.45, 2.75) is 44.1 Å². The molecule has 1 aromatic carbocycles.